The lowest BCUT2D eigenvalue weighted by molar-refractivity contribution is -0.133. The highest BCUT2D eigenvalue weighted by atomic mass is 16.4. The zero-order chi connectivity index (χ0) is 16.7. The Balaban J connectivity index is 1.86. The van der Waals surface area contributed by atoms with Crippen LogP contribution in [0.5, 0.6) is 5.75 Å². The summed E-state index contributed by atoms with van der Waals surface area (Å²) >= 11 is 0. The third-order valence-corrected chi connectivity index (χ3v) is 3.59. The zero-order valence-electron chi connectivity index (χ0n) is 12.8. The van der Waals surface area contributed by atoms with E-state index >= 15 is 0 Å². The molecule has 1 aromatic rings. The molecule has 1 aromatic carbocycles. The van der Waals surface area contributed by atoms with E-state index in [2.05, 4.69) is 17.2 Å². The van der Waals surface area contributed by atoms with Crippen molar-refractivity contribution in [1.82, 2.24) is 5.32 Å². The van der Waals surface area contributed by atoms with Crippen LogP contribution in [0.2, 0.25) is 0 Å². The highest BCUT2D eigenvalue weighted by Gasteiger charge is 2.19. The lowest BCUT2D eigenvalue weighted by atomic mass is 9.96. The number of allylic oxidation sites excluding steroid dienone is 1. The first-order valence-electron chi connectivity index (χ1n) is 7.59. The molecule has 0 saturated carbocycles. The molecule has 0 saturated heterocycles. The smallest absolute Gasteiger partial charge is 0.333 e. The van der Waals surface area contributed by atoms with Crippen molar-refractivity contribution >= 4 is 11.9 Å². The predicted octanol–water partition coefficient (Wildman–Crippen LogP) is 2.55. The molecule has 0 aliphatic heterocycles. The maximum Gasteiger partial charge on any atom is 0.333 e. The van der Waals surface area contributed by atoms with Crippen molar-refractivity contribution < 1.29 is 19.8 Å². The Morgan fingerprint density at radius 3 is 2.52 bits per heavy atom. The van der Waals surface area contributed by atoms with E-state index in [0.29, 0.717) is 30.5 Å². The van der Waals surface area contributed by atoms with Crippen LogP contribution in [0.15, 0.2) is 35.5 Å². The summed E-state index contributed by atoms with van der Waals surface area (Å²) in [6, 6.07) is 6.52. The van der Waals surface area contributed by atoms with Crippen molar-refractivity contribution in [1.29, 1.82) is 0 Å². The van der Waals surface area contributed by atoms with Gasteiger partial charge in [0.05, 0.1) is 5.57 Å². The summed E-state index contributed by atoms with van der Waals surface area (Å²) in [4.78, 5) is 23.0. The number of aliphatic carboxylic acids is 1. The molecule has 1 amide bonds. The van der Waals surface area contributed by atoms with Crippen molar-refractivity contribution in [2.75, 3.05) is 0 Å². The second kappa shape index (κ2) is 8.04. The fraction of sp³-hybridized carbons (Fsp3) is 0.333. The molecular weight excluding hydrogens is 294 g/mol. The van der Waals surface area contributed by atoms with E-state index < -0.39 is 5.97 Å². The normalized spacial score (nSPS) is 13.9. The number of nitrogens with one attached hydrogen (secondary N) is 1. The Hall–Kier alpha value is -2.74. The van der Waals surface area contributed by atoms with Crippen LogP contribution in [0.4, 0.5) is 0 Å². The minimum atomic E-state index is -0.952. The molecular formula is C18H19NO4. The van der Waals surface area contributed by atoms with Crippen LogP contribution >= 0.6 is 0 Å². The van der Waals surface area contributed by atoms with Crippen LogP contribution in [0.25, 0.3) is 0 Å². The first-order chi connectivity index (χ1) is 11.1. The molecule has 1 aliphatic rings. The molecule has 3 N–H and O–H groups in total. The fourth-order valence-electron chi connectivity index (χ4n) is 2.40. The van der Waals surface area contributed by atoms with Gasteiger partial charge in [-0.1, -0.05) is 11.8 Å². The Morgan fingerprint density at radius 2 is 1.83 bits per heavy atom. The Bertz CT molecular complexity index is 677. The van der Waals surface area contributed by atoms with Crippen LogP contribution in [0.3, 0.4) is 0 Å². The summed E-state index contributed by atoms with van der Waals surface area (Å²) in [7, 11) is 0. The molecule has 0 unspecified atom stereocenters. The summed E-state index contributed by atoms with van der Waals surface area (Å²) in [6.07, 6.45) is 3.47. The summed E-state index contributed by atoms with van der Waals surface area (Å²) in [5.41, 5.74) is 1.63. The molecule has 0 bridgehead atoms. The lowest BCUT2D eigenvalue weighted by Gasteiger charge is -2.18. The second-order valence-corrected chi connectivity index (χ2v) is 5.37. The highest BCUT2D eigenvalue weighted by Crippen LogP contribution is 2.23. The maximum absolute atomic E-state index is 11.9. The van der Waals surface area contributed by atoms with E-state index in [9.17, 15) is 14.7 Å². The number of hydrogen-bond donors (Lipinski definition) is 3. The number of phenols is 1. The molecule has 5 nitrogen and oxygen atoms in total. The van der Waals surface area contributed by atoms with Gasteiger partial charge in [0.25, 0.3) is 0 Å². The van der Waals surface area contributed by atoms with Gasteiger partial charge in [-0.2, -0.15) is 0 Å². The number of carbonyl (C=O) groups is 2. The highest BCUT2D eigenvalue weighted by molar-refractivity contribution is 5.89. The average Bonchev–Trinajstić information content (AvgIpc) is 2.53. The summed E-state index contributed by atoms with van der Waals surface area (Å²) in [5.74, 6) is 4.83. The molecule has 0 heterocycles. The van der Waals surface area contributed by atoms with Gasteiger partial charge in [-0.25, -0.2) is 4.79 Å². The van der Waals surface area contributed by atoms with Crippen LogP contribution in [-0.4, -0.2) is 22.1 Å². The largest absolute Gasteiger partial charge is 0.508 e. The van der Waals surface area contributed by atoms with Gasteiger partial charge in [-0.05, 0) is 49.9 Å². The van der Waals surface area contributed by atoms with Gasteiger partial charge in [0.15, 0.2) is 0 Å². The van der Waals surface area contributed by atoms with Crippen molar-refractivity contribution in [2.24, 2.45) is 0 Å². The summed E-state index contributed by atoms with van der Waals surface area (Å²) < 4.78 is 0. The lowest BCUT2D eigenvalue weighted by Crippen LogP contribution is -2.26. The molecule has 0 radical (unpaired) electrons. The first kappa shape index (κ1) is 16.6. The minimum Gasteiger partial charge on any atom is -0.508 e. The molecule has 1 aliphatic carbocycles. The number of aromatic hydroxyl groups is 1. The number of benzene rings is 1. The topological polar surface area (TPSA) is 86.6 Å². The van der Waals surface area contributed by atoms with E-state index in [1.54, 1.807) is 24.3 Å². The number of carboxylic acid groups (broad SMARTS) is 1. The second-order valence-electron chi connectivity index (χ2n) is 5.37. The van der Waals surface area contributed by atoms with E-state index in [0.717, 1.165) is 18.4 Å². The van der Waals surface area contributed by atoms with E-state index in [-0.39, 0.29) is 18.1 Å². The predicted molar refractivity (Wildman–Crippen MR) is 85.5 cm³/mol. The Kier molecular flexibility index (Phi) is 5.81. The van der Waals surface area contributed by atoms with Crippen molar-refractivity contribution in [3.63, 3.8) is 0 Å². The monoisotopic (exact) mass is 313 g/mol. The van der Waals surface area contributed by atoms with Gasteiger partial charge in [0.2, 0.25) is 5.91 Å². The fourth-order valence-corrected chi connectivity index (χ4v) is 2.40. The molecule has 0 fully saturated rings. The molecule has 5 heteroatoms. The van der Waals surface area contributed by atoms with Crippen LogP contribution in [0.1, 0.15) is 44.1 Å². The van der Waals surface area contributed by atoms with Gasteiger partial charge < -0.3 is 15.5 Å². The van der Waals surface area contributed by atoms with E-state index in [1.807, 2.05) is 0 Å². The number of phenolic OH excluding ortho intramolecular Hbond substituents is 1. The zero-order valence-corrected chi connectivity index (χ0v) is 12.8. The Morgan fingerprint density at radius 1 is 1.13 bits per heavy atom. The van der Waals surface area contributed by atoms with Gasteiger partial charge in [0, 0.05) is 24.1 Å². The first-order valence-corrected chi connectivity index (χ1v) is 7.59. The Labute approximate surface area is 135 Å². The quantitative estimate of drug-likeness (QED) is 0.746. The molecule has 2 rings (SSSR count). The van der Waals surface area contributed by atoms with Crippen LogP contribution in [0, 0.1) is 11.8 Å². The van der Waals surface area contributed by atoms with Gasteiger partial charge in [-0.3, -0.25) is 4.79 Å². The SMILES string of the molecule is O=C(CCC#Cc1ccc(O)cc1)NC1=C(C(=O)O)CCCC1. The van der Waals surface area contributed by atoms with Gasteiger partial charge in [-0.15, -0.1) is 0 Å². The summed E-state index contributed by atoms with van der Waals surface area (Å²) in [6.45, 7) is 0. The third-order valence-electron chi connectivity index (χ3n) is 3.59. The number of carboxylic acids is 1. The standard InChI is InChI=1S/C18H19NO4/c20-14-11-9-13(10-12-14)5-1-4-8-17(21)19-16-7-3-2-6-15(16)18(22)23/h9-12,20H,2-4,6-8H2,(H,19,21)(H,22,23). The van der Waals surface area contributed by atoms with E-state index in [1.165, 1.54) is 0 Å². The molecule has 120 valence electrons. The van der Waals surface area contributed by atoms with Crippen LogP contribution < -0.4 is 5.32 Å². The molecule has 0 atom stereocenters. The summed E-state index contributed by atoms with van der Waals surface area (Å²) in [5, 5.41) is 21.0. The number of hydrogen-bond acceptors (Lipinski definition) is 3. The number of rotatable bonds is 4. The number of amides is 1. The maximum atomic E-state index is 11.9. The van der Waals surface area contributed by atoms with E-state index in [4.69, 9.17) is 5.11 Å². The average molecular weight is 313 g/mol. The number of carbonyl (C=O) groups excluding carboxylic acids is 1. The van der Waals surface area contributed by atoms with Crippen molar-refractivity contribution in [2.45, 2.75) is 38.5 Å². The van der Waals surface area contributed by atoms with Crippen LogP contribution in [-0.2, 0) is 9.59 Å². The van der Waals surface area contributed by atoms with Crippen molar-refractivity contribution in [3.05, 3.63) is 41.1 Å². The third kappa shape index (κ3) is 5.19. The molecule has 0 aromatic heterocycles. The van der Waals surface area contributed by atoms with Gasteiger partial charge >= 0.3 is 5.97 Å². The molecule has 23 heavy (non-hydrogen) atoms. The molecule has 0 spiro atoms. The van der Waals surface area contributed by atoms with Crippen molar-refractivity contribution in [3.8, 4) is 17.6 Å². The minimum absolute atomic E-state index is 0.185. The van der Waals surface area contributed by atoms with Gasteiger partial charge in [0.1, 0.15) is 5.75 Å².